The van der Waals surface area contributed by atoms with E-state index < -0.39 is 5.60 Å². The standard InChI is InChI=1S/C29H30Cl2N4O3/c1-16-27(17(2)38-33-16)18-4-7-24-23(14-18)32-28(35(24)19-10-12-29(3,37)13-11-19)25-8-9-26(36)34(25)20-5-6-21(30)22(31)15-20/h4-7,14-15,19,25,37H,8-13H2,1-3H3. The van der Waals surface area contributed by atoms with Crippen molar-refractivity contribution in [1.29, 1.82) is 0 Å². The normalized spacial score (nSPS) is 24.1. The number of fused-ring (bicyclic) bond motifs is 1. The Labute approximate surface area is 231 Å². The first-order chi connectivity index (χ1) is 18.1. The van der Waals surface area contributed by atoms with Crippen molar-refractivity contribution in [3.8, 4) is 11.1 Å². The van der Waals surface area contributed by atoms with Gasteiger partial charge in [-0.2, -0.15) is 0 Å². The molecule has 7 nitrogen and oxygen atoms in total. The van der Waals surface area contributed by atoms with Gasteiger partial charge in [0.2, 0.25) is 5.91 Å². The van der Waals surface area contributed by atoms with Gasteiger partial charge in [-0.05, 0) is 88.8 Å². The number of aryl methyl sites for hydroxylation is 2. The van der Waals surface area contributed by atoms with Gasteiger partial charge in [0.05, 0.1) is 38.4 Å². The Morgan fingerprint density at radius 2 is 1.82 bits per heavy atom. The average molecular weight is 553 g/mol. The molecule has 1 saturated carbocycles. The monoisotopic (exact) mass is 552 g/mol. The van der Waals surface area contributed by atoms with Gasteiger partial charge < -0.3 is 19.1 Å². The van der Waals surface area contributed by atoms with Crippen molar-refractivity contribution in [3.05, 3.63) is 63.7 Å². The number of hydrogen-bond acceptors (Lipinski definition) is 5. The first-order valence-electron chi connectivity index (χ1n) is 13.1. The van der Waals surface area contributed by atoms with Crippen LogP contribution in [0.5, 0.6) is 0 Å². The molecular formula is C29H30Cl2N4O3. The largest absolute Gasteiger partial charge is 0.390 e. The summed E-state index contributed by atoms with van der Waals surface area (Å²) < 4.78 is 7.73. The van der Waals surface area contributed by atoms with Gasteiger partial charge in [-0.15, -0.1) is 0 Å². The summed E-state index contributed by atoms with van der Waals surface area (Å²) in [4.78, 5) is 20.2. The highest BCUT2D eigenvalue weighted by molar-refractivity contribution is 6.42. The van der Waals surface area contributed by atoms with Crippen LogP contribution < -0.4 is 4.90 Å². The van der Waals surface area contributed by atoms with Gasteiger partial charge >= 0.3 is 0 Å². The van der Waals surface area contributed by atoms with Crippen molar-refractivity contribution in [1.82, 2.24) is 14.7 Å². The number of halogens is 2. The molecule has 0 radical (unpaired) electrons. The maximum Gasteiger partial charge on any atom is 0.227 e. The van der Waals surface area contributed by atoms with Crippen molar-refractivity contribution in [2.24, 2.45) is 0 Å². The predicted octanol–water partition coefficient (Wildman–Crippen LogP) is 7.35. The molecule has 1 amide bonds. The molecule has 9 heteroatoms. The second kappa shape index (κ2) is 9.40. The second-order valence-electron chi connectivity index (χ2n) is 10.9. The number of aromatic nitrogens is 3. The molecule has 6 rings (SSSR count). The lowest BCUT2D eigenvalue weighted by molar-refractivity contribution is -0.117. The molecule has 2 aliphatic rings. The van der Waals surface area contributed by atoms with Gasteiger partial charge in [-0.1, -0.05) is 34.4 Å². The summed E-state index contributed by atoms with van der Waals surface area (Å²) in [5.41, 5.74) is 4.76. The highest BCUT2D eigenvalue weighted by Crippen LogP contribution is 2.44. The Balaban J connectivity index is 1.50. The molecule has 0 bridgehead atoms. The Kier molecular flexibility index (Phi) is 6.29. The van der Waals surface area contributed by atoms with Crippen LogP contribution in [-0.2, 0) is 4.79 Å². The van der Waals surface area contributed by atoms with Gasteiger partial charge in [0.15, 0.2) is 0 Å². The van der Waals surface area contributed by atoms with Gasteiger partial charge in [0.25, 0.3) is 0 Å². The van der Waals surface area contributed by atoms with Crippen molar-refractivity contribution < 1.29 is 14.4 Å². The molecule has 2 aromatic heterocycles. The van der Waals surface area contributed by atoms with Gasteiger partial charge in [0, 0.05) is 23.7 Å². The van der Waals surface area contributed by atoms with E-state index >= 15 is 0 Å². The van der Waals surface area contributed by atoms with E-state index in [1.807, 2.05) is 31.7 Å². The molecule has 198 valence electrons. The lowest BCUT2D eigenvalue weighted by Crippen LogP contribution is -2.33. The smallest absolute Gasteiger partial charge is 0.227 e. The third kappa shape index (κ3) is 4.31. The average Bonchev–Trinajstić information content (AvgIpc) is 3.55. The third-order valence-corrected chi connectivity index (χ3v) is 8.87. The summed E-state index contributed by atoms with van der Waals surface area (Å²) in [7, 11) is 0. The summed E-state index contributed by atoms with van der Waals surface area (Å²) in [5, 5.41) is 15.6. The number of aliphatic hydroxyl groups is 1. The third-order valence-electron chi connectivity index (χ3n) is 8.13. The minimum atomic E-state index is -0.654. The molecule has 4 aromatic rings. The zero-order valence-electron chi connectivity index (χ0n) is 21.7. The quantitative estimate of drug-likeness (QED) is 0.286. The van der Waals surface area contributed by atoms with Crippen LogP contribution in [0.2, 0.25) is 10.0 Å². The Hall–Kier alpha value is -2.87. The molecule has 2 aromatic carbocycles. The summed E-state index contributed by atoms with van der Waals surface area (Å²) in [6.07, 6.45) is 4.19. The predicted molar refractivity (Wildman–Crippen MR) is 149 cm³/mol. The van der Waals surface area contributed by atoms with E-state index in [0.717, 1.165) is 52.3 Å². The van der Waals surface area contributed by atoms with Gasteiger partial charge in [0.1, 0.15) is 11.6 Å². The molecule has 38 heavy (non-hydrogen) atoms. The number of carbonyl (C=O) groups excluding carboxylic acids is 1. The molecule has 2 fully saturated rings. The maximum absolute atomic E-state index is 13.2. The van der Waals surface area contributed by atoms with E-state index in [1.54, 1.807) is 12.1 Å². The topological polar surface area (TPSA) is 84.4 Å². The fourth-order valence-electron chi connectivity index (χ4n) is 6.16. The zero-order valence-corrected chi connectivity index (χ0v) is 23.2. The van der Waals surface area contributed by atoms with Crippen LogP contribution in [0, 0.1) is 13.8 Å². The second-order valence-corrected chi connectivity index (χ2v) is 11.7. The molecule has 1 N–H and O–H groups in total. The Bertz CT molecular complexity index is 1530. The van der Waals surface area contributed by atoms with Crippen LogP contribution in [0.15, 0.2) is 40.9 Å². The van der Waals surface area contributed by atoms with E-state index in [1.165, 1.54) is 0 Å². The van der Waals surface area contributed by atoms with Gasteiger partial charge in [-0.25, -0.2) is 4.98 Å². The molecule has 0 spiro atoms. The fourth-order valence-corrected chi connectivity index (χ4v) is 6.45. The van der Waals surface area contributed by atoms with E-state index in [9.17, 15) is 9.90 Å². The zero-order chi connectivity index (χ0) is 26.8. The lowest BCUT2D eigenvalue weighted by atomic mass is 9.83. The Morgan fingerprint density at radius 3 is 2.50 bits per heavy atom. The van der Waals surface area contributed by atoms with Crippen LogP contribution in [0.1, 0.15) is 74.8 Å². The number of imidazole rings is 1. The van der Waals surface area contributed by atoms with E-state index in [0.29, 0.717) is 41.4 Å². The first kappa shape index (κ1) is 25.4. The number of carbonyl (C=O) groups is 1. The van der Waals surface area contributed by atoms with Crippen molar-refractivity contribution in [3.63, 3.8) is 0 Å². The number of hydrogen-bond donors (Lipinski definition) is 1. The summed E-state index contributed by atoms with van der Waals surface area (Å²) in [6.45, 7) is 5.76. The lowest BCUT2D eigenvalue weighted by Gasteiger charge is -2.35. The van der Waals surface area contributed by atoms with Gasteiger partial charge in [-0.3, -0.25) is 4.79 Å². The first-order valence-corrected chi connectivity index (χ1v) is 13.8. The minimum absolute atomic E-state index is 0.0370. The molecule has 3 heterocycles. The van der Waals surface area contributed by atoms with Crippen molar-refractivity contribution >= 4 is 45.8 Å². The summed E-state index contributed by atoms with van der Waals surface area (Å²) in [5.74, 6) is 1.66. The Morgan fingerprint density at radius 1 is 1.05 bits per heavy atom. The number of rotatable bonds is 4. The van der Waals surface area contributed by atoms with Crippen LogP contribution >= 0.6 is 23.2 Å². The van der Waals surface area contributed by atoms with E-state index in [2.05, 4.69) is 27.9 Å². The maximum atomic E-state index is 13.2. The number of anilines is 1. The molecule has 1 aliphatic carbocycles. The van der Waals surface area contributed by atoms with Crippen molar-refractivity contribution in [2.45, 2.75) is 77.0 Å². The summed E-state index contributed by atoms with van der Waals surface area (Å²) >= 11 is 12.5. The molecule has 1 unspecified atom stereocenters. The van der Waals surface area contributed by atoms with Crippen LogP contribution in [0.25, 0.3) is 22.2 Å². The minimum Gasteiger partial charge on any atom is -0.390 e. The van der Waals surface area contributed by atoms with Crippen LogP contribution in [0.3, 0.4) is 0 Å². The highest BCUT2D eigenvalue weighted by Gasteiger charge is 2.39. The van der Waals surface area contributed by atoms with Crippen LogP contribution in [0.4, 0.5) is 5.69 Å². The molecule has 1 saturated heterocycles. The van der Waals surface area contributed by atoms with E-state index in [-0.39, 0.29) is 18.0 Å². The number of amides is 1. The SMILES string of the molecule is Cc1noc(C)c1-c1ccc2c(c1)nc(C1CCC(=O)N1c1ccc(Cl)c(Cl)c1)n2C1CCC(C)(O)CC1. The summed E-state index contributed by atoms with van der Waals surface area (Å²) in [6, 6.07) is 11.5. The molecule has 1 atom stereocenters. The van der Waals surface area contributed by atoms with E-state index in [4.69, 9.17) is 32.7 Å². The molecule has 1 aliphatic heterocycles. The fraction of sp³-hybridized carbons (Fsp3) is 0.414. The molecular weight excluding hydrogens is 523 g/mol. The number of benzene rings is 2. The number of nitrogens with zero attached hydrogens (tertiary/aromatic N) is 4. The highest BCUT2D eigenvalue weighted by atomic mass is 35.5. The van der Waals surface area contributed by atoms with Crippen LogP contribution in [-0.4, -0.2) is 31.3 Å². The van der Waals surface area contributed by atoms with Crippen molar-refractivity contribution in [2.75, 3.05) is 4.90 Å².